The highest BCUT2D eigenvalue weighted by Gasteiger charge is 2.16. The third-order valence-electron chi connectivity index (χ3n) is 5.13. The van der Waals surface area contributed by atoms with E-state index in [4.69, 9.17) is 0 Å². The van der Waals surface area contributed by atoms with Crippen molar-refractivity contribution in [1.29, 1.82) is 0 Å². The third kappa shape index (κ3) is 6.08. The molecule has 164 valence electrons. The normalized spacial score (nSPS) is 11.2. The second kappa shape index (κ2) is 10.3. The summed E-state index contributed by atoms with van der Waals surface area (Å²) in [5.74, 6) is 0.939. The maximum absolute atomic E-state index is 12.7. The fourth-order valence-electron chi connectivity index (χ4n) is 3.26. The topological polar surface area (TPSA) is 66.9 Å². The van der Waals surface area contributed by atoms with Gasteiger partial charge in [0.2, 0.25) is 11.0 Å². The molecule has 0 saturated carbocycles. The van der Waals surface area contributed by atoms with Gasteiger partial charge in [-0.2, -0.15) is 0 Å². The van der Waals surface area contributed by atoms with Gasteiger partial charge >= 0.3 is 0 Å². The van der Waals surface area contributed by atoms with Gasteiger partial charge in [-0.1, -0.05) is 75.1 Å². The first-order valence-corrected chi connectivity index (χ1v) is 12.3. The van der Waals surface area contributed by atoms with E-state index in [9.17, 15) is 4.79 Å². The summed E-state index contributed by atoms with van der Waals surface area (Å²) in [5.41, 5.74) is 6.75. The molecule has 0 bridgehead atoms. The molecular formula is C24H30N4OS2. The van der Waals surface area contributed by atoms with Crippen molar-refractivity contribution in [2.24, 2.45) is 0 Å². The molecular weight excluding hydrogens is 424 g/mol. The summed E-state index contributed by atoms with van der Waals surface area (Å²) < 4.78 is 0.766. The monoisotopic (exact) mass is 454 g/mol. The molecule has 3 aromatic rings. The van der Waals surface area contributed by atoms with Crippen LogP contribution in [0.5, 0.6) is 0 Å². The van der Waals surface area contributed by atoms with Crippen LogP contribution in [0.2, 0.25) is 0 Å². The van der Waals surface area contributed by atoms with Gasteiger partial charge in [-0.05, 0) is 60.1 Å². The van der Waals surface area contributed by atoms with Crippen LogP contribution >= 0.6 is 23.1 Å². The lowest BCUT2D eigenvalue weighted by Gasteiger charge is -2.20. The van der Waals surface area contributed by atoms with Gasteiger partial charge in [0.25, 0.3) is 0 Å². The molecule has 2 N–H and O–H groups in total. The number of para-hydroxylation sites is 1. The van der Waals surface area contributed by atoms with E-state index < -0.39 is 0 Å². The van der Waals surface area contributed by atoms with Crippen LogP contribution in [-0.4, -0.2) is 21.9 Å². The fraction of sp³-hybridized carbons (Fsp3) is 0.375. The van der Waals surface area contributed by atoms with Crippen LogP contribution in [0, 0.1) is 13.8 Å². The zero-order valence-corrected chi connectivity index (χ0v) is 20.6. The lowest BCUT2D eigenvalue weighted by molar-refractivity contribution is -0.113. The Balaban J connectivity index is 1.63. The lowest BCUT2D eigenvalue weighted by atomic mass is 9.92. The Morgan fingerprint density at radius 1 is 1.00 bits per heavy atom. The first-order chi connectivity index (χ1) is 14.7. The largest absolute Gasteiger partial charge is 0.330 e. The molecule has 1 amide bonds. The number of hydrogen-bond donors (Lipinski definition) is 2. The Hall–Kier alpha value is -2.38. The molecule has 0 unspecified atom stereocenters. The molecule has 0 aliphatic heterocycles. The average Bonchev–Trinajstić information content (AvgIpc) is 3.16. The number of carbonyl (C=O) groups excluding carboxylic acids is 1. The summed E-state index contributed by atoms with van der Waals surface area (Å²) in [7, 11) is 0. The van der Waals surface area contributed by atoms with Crippen LogP contribution in [0.15, 0.2) is 40.7 Å². The highest BCUT2D eigenvalue weighted by molar-refractivity contribution is 8.01. The Morgan fingerprint density at radius 3 is 2.29 bits per heavy atom. The minimum atomic E-state index is -0.0288. The smallest absolute Gasteiger partial charge is 0.234 e. The van der Waals surface area contributed by atoms with Gasteiger partial charge in [0.05, 0.1) is 5.75 Å². The zero-order chi connectivity index (χ0) is 22.5. The van der Waals surface area contributed by atoms with Gasteiger partial charge < -0.3 is 10.6 Å². The number of carbonyl (C=O) groups is 1. The third-order valence-corrected chi connectivity index (χ3v) is 7.10. The molecule has 0 spiro atoms. The van der Waals surface area contributed by atoms with Crippen LogP contribution < -0.4 is 10.6 Å². The first kappa shape index (κ1) is 23.3. The molecule has 0 radical (unpaired) electrons. The van der Waals surface area contributed by atoms with Gasteiger partial charge in [0.15, 0.2) is 4.34 Å². The van der Waals surface area contributed by atoms with Crippen LogP contribution in [0.1, 0.15) is 61.8 Å². The van der Waals surface area contributed by atoms with Crippen molar-refractivity contribution >= 4 is 45.5 Å². The molecule has 7 heteroatoms. The molecule has 0 aliphatic carbocycles. The number of anilines is 3. The summed E-state index contributed by atoms with van der Waals surface area (Å²) in [6, 6.07) is 12.5. The van der Waals surface area contributed by atoms with Gasteiger partial charge in [-0.25, -0.2) is 0 Å². The molecule has 2 aromatic carbocycles. The number of nitrogens with zero attached hydrogens (tertiary/aromatic N) is 2. The lowest BCUT2D eigenvalue weighted by Crippen LogP contribution is -2.17. The number of amides is 1. The van der Waals surface area contributed by atoms with E-state index in [2.05, 4.69) is 92.7 Å². The number of hydrogen-bond acceptors (Lipinski definition) is 6. The molecule has 1 heterocycles. The van der Waals surface area contributed by atoms with E-state index in [1.54, 1.807) is 0 Å². The van der Waals surface area contributed by atoms with E-state index in [1.165, 1.54) is 45.4 Å². The van der Waals surface area contributed by atoms with Gasteiger partial charge in [0, 0.05) is 11.4 Å². The Labute approximate surface area is 193 Å². The minimum absolute atomic E-state index is 0.0288. The van der Waals surface area contributed by atoms with Crippen molar-refractivity contribution in [2.75, 3.05) is 16.4 Å². The minimum Gasteiger partial charge on any atom is -0.330 e. The van der Waals surface area contributed by atoms with Gasteiger partial charge in [0.1, 0.15) is 0 Å². The molecule has 5 nitrogen and oxygen atoms in total. The number of rotatable bonds is 8. The quantitative estimate of drug-likeness (QED) is 0.363. The maximum Gasteiger partial charge on any atom is 0.234 e. The standard InChI is InChI=1S/C24H30N4OS2/c1-14(2)19-8-7-9-20(15(3)4)22(19)26-21(29)13-30-24-28-27-23(31-24)25-18-11-10-16(5)17(6)12-18/h7-12,14-15H,13H2,1-6H3,(H,25,27)(H,26,29). The SMILES string of the molecule is Cc1ccc(Nc2nnc(SCC(=O)Nc3c(C(C)C)cccc3C(C)C)s2)cc1C. The predicted octanol–water partition coefficient (Wildman–Crippen LogP) is 6.88. The average molecular weight is 455 g/mol. The van der Waals surface area contributed by atoms with Crippen molar-refractivity contribution in [2.45, 2.75) is 57.7 Å². The van der Waals surface area contributed by atoms with E-state index >= 15 is 0 Å². The maximum atomic E-state index is 12.7. The Bertz CT molecular complexity index is 1030. The number of thioether (sulfide) groups is 1. The Kier molecular flexibility index (Phi) is 7.73. The molecule has 0 atom stereocenters. The molecule has 0 saturated heterocycles. The van der Waals surface area contributed by atoms with Crippen molar-refractivity contribution in [3.8, 4) is 0 Å². The van der Waals surface area contributed by atoms with E-state index in [0.29, 0.717) is 17.6 Å². The van der Waals surface area contributed by atoms with Crippen LogP contribution in [0.25, 0.3) is 0 Å². The molecule has 0 fully saturated rings. The summed E-state index contributed by atoms with van der Waals surface area (Å²) in [5, 5.41) is 15.6. The summed E-state index contributed by atoms with van der Waals surface area (Å²) in [4.78, 5) is 12.7. The molecule has 0 aliphatic rings. The van der Waals surface area contributed by atoms with E-state index in [-0.39, 0.29) is 5.91 Å². The highest BCUT2D eigenvalue weighted by atomic mass is 32.2. The molecule has 31 heavy (non-hydrogen) atoms. The van der Waals surface area contributed by atoms with E-state index in [1.807, 2.05) is 6.07 Å². The van der Waals surface area contributed by atoms with Crippen LogP contribution in [-0.2, 0) is 4.79 Å². The Morgan fingerprint density at radius 2 is 1.68 bits per heavy atom. The van der Waals surface area contributed by atoms with Crippen LogP contribution in [0.4, 0.5) is 16.5 Å². The van der Waals surface area contributed by atoms with Crippen molar-refractivity contribution < 1.29 is 4.79 Å². The van der Waals surface area contributed by atoms with Crippen LogP contribution in [0.3, 0.4) is 0 Å². The number of aromatic nitrogens is 2. The zero-order valence-electron chi connectivity index (χ0n) is 18.9. The fourth-order valence-corrected chi connectivity index (χ4v) is 4.83. The van der Waals surface area contributed by atoms with Crippen molar-refractivity contribution in [3.05, 3.63) is 58.7 Å². The second-order valence-corrected chi connectivity index (χ2v) is 10.5. The second-order valence-electron chi connectivity index (χ2n) is 8.25. The number of aryl methyl sites for hydroxylation is 2. The summed E-state index contributed by atoms with van der Waals surface area (Å²) in [6.45, 7) is 12.8. The number of nitrogens with one attached hydrogen (secondary N) is 2. The predicted molar refractivity (Wildman–Crippen MR) is 133 cm³/mol. The summed E-state index contributed by atoms with van der Waals surface area (Å²) >= 11 is 2.86. The van der Waals surface area contributed by atoms with Crippen molar-refractivity contribution in [1.82, 2.24) is 10.2 Å². The molecule has 3 rings (SSSR count). The molecule has 1 aromatic heterocycles. The summed E-state index contributed by atoms with van der Waals surface area (Å²) in [6.07, 6.45) is 0. The van der Waals surface area contributed by atoms with Gasteiger partial charge in [-0.15, -0.1) is 10.2 Å². The highest BCUT2D eigenvalue weighted by Crippen LogP contribution is 2.33. The first-order valence-electron chi connectivity index (χ1n) is 10.5. The number of benzene rings is 2. The van der Waals surface area contributed by atoms with Gasteiger partial charge in [-0.3, -0.25) is 4.79 Å². The van der Waals surface area contributed by atoms with Crippen molar-refractivity contribution in [3.63, 3.8) is 0 Å². The van der Waals surface area contributed by atoms with E-state index in [0.717, 1.165) is 20.8 Å².